The minimum atomic E-state index is -4.84. The summed E-state index contributed by atoms with van der Waals surface area (Å²) in [6, 6.07) is 5.28. The summed E-state index contributed by atoms with van der Waals surface area (Å²) in [6.45, 7) is 2.38. The number of amides is 1. The first kappa shape index (κ1) is 15.6. The molecule has 1 heterocycles. The van der Waals surface area contributed by atoms with Crippen molar-refractivity contribution in [3.8, 4) is 5.75 Å². The van der Waals surface area contributed by atoms with Crippen molar-refractivity contribution in [3.63, 3.8) is 0 Å². The molecule has 2 rings (SSSR count). The number of aliphatic hydroxyl groups excluding tert-OH is 1. The number of nitrogens with zero attached hydrogens (tertiary/aromatic N) is 1. The highest BCUT2D eigenvalue weighted by Gasteiger charge is 2.35. The first-order valence-corrected chi connectivity index (χ1v) is 6.60. The molecule has 4 nitrogen and oxygen atoms in total. The molecule has 0 aromatic heterocycles. The van der Waals surface area contributed by atoms with Crippen LogP contribution in [0.3, 0.4) is 0 Å². The number of hydrogen-bond donors (Lipinski definition) is 1. The molecule has 2 unspecified atom stereocenters. The van der Waals surface area contributed by atoms with Crippen LogP contribution in [-0.4, -0.2) is 41.5 Å². The van der Waals surface area contributed by atoms with E-state index in [4.69, 9.17) is 0 Å². The summed E-state index contributed by atoms with van der Waals surface area (Å²) < 4.78 is 40.9. The van der Waals surface area contributed by atoms with Crippen LogP contribution in [0.4, 0.5) is 13.2 Å². The molecule has 116 valence electrons. The summed E-state index contributed by atoms with van der Waals surface area (Å²) in [5.74, 6) is -1.07. The van der Waals surface area contributed by atoms with Gasteiger partial charge in [-0.3, -0.25) is 4.79 Å². The van der Waals surface area contributed by atoms with E-state index < -0.39 is 24.1 Å². The fourth-order valence-electron chi connectivity index (χ4n) is 2.39. The second-order valence-electron chi connectivity index (χ2n) is 5.08. The SMILES string of the molecule is CC(O)C1CCN(C(=O)c2ccccc2OC(F)(F)F)C1. The maximum atomic E-state index is 12.3. The summed E-state index contributed by atoms with van der Waals surface area (Å²) in [5, 5.41) is 9.52. The zero-order chi connectivity index (χ0) is 15.6. The van der Waals surface area contributed by atoms with Crippen LogP contribution >= 0.6 is 0 Å². The summed E-state index contributed by atoms with van der Waals surface area (Å²) in [4.78, 5) is 13.8. The van der Waals surface area contributed by atoms with Gasteiger partial charge >= 0.3 is 6.36 Å². The van der Waals surface area contributed by atoms with Gasteiger partial charge in [0.05, 0.1) is 11.7 Å². The number of carbonyl (C=O) groups excluding carboxylic acids is 1. The van der Waals surface area contributed by atoms with E-state index in [2.05, 4.69) is 4.74 Å². The van der Waals surface area contributed by atoms with Gasteiger partial charge in [-0.05, 0) is 25.5 Å². The average molecular weight is 303 g/mol. The largest absolute Gasteiger partial charge is 0.573 e. The topological polar surface area (TPSA) is 49.8 Å². The molecule has 1 saturated heterocycles. The third kappa shape index (κ3) is 3.87. The van der Waals surface area contributed by atoms with Crippen molar-refractivity contribution in [1.82, 2.24) is 4.90 Å². The molecule has 0 aliphatic carbocycles. The van der Waals surface area contributed by atoms with Gasteiger partial charge in [0.1, 0.15) is 5.75 Å². The van der Waals surface area contributed by atoms with Crippen molar-refractivity contribution in [2.45, 2.75) is 25.8 Å². The monoisotopic (exact) mass is 303 g/mol. The van der Waals surface area contributed by atoms with Crippen molar-refractivity contribution >= 4 is 5.91 Å². The molecule has 1 N–H and O–H groups in total. The first-order chi connectivity index (χ1) is 9.78. The number of carbonyl (C=O) groups is 1. The van der Waals surface area contributed by atoms with E-state index in [0.29, 0.717) is 19.5 Å². The average Bonchev–Trinajstić information content (AvgIpc) is 2.86. The molecular weight excluding hydrogens is 287 g/mol. The Morgan fingerprint density at radius 1 is 1.43 bits per heavy atom. The third-order valence-electron chi connectivity index (χ3n) is 3.54. The number of alkyl halides is 3. The van der Waals surface area contributed by atoms with E-state index in [9.17, 15) is 23.1 Å². The molecule has 1 aromatic rings. The predicted molar refractivity (Wildman–Crippen MR) is 68.8 cm³/mol. The Morgan fingerprint density at radius 2 is 2.10 bits per heavy atom. The molecular formula is C14H16F3NO3. The lowest BCUT2D eigenvalue weighted by molar-refractivity contribution is -0.274. The fraction of sp³-hybridized carbons (Fsp3) is 0.500. The number of aliphatic hydroxyl groups is 1. The van der Waals surface area contributed by atoms with Gasteiger partial charge in [0.2, 0.25) is 0 Å². The standard InChI is InChI=1S/C14H16F3NO3/c1-9(19)10-6-7-18(8-10)13(20)11-4-2-3-5-12(11)21-14(15,16)17/h2-5,9-10,19H,6-8H2,1H3. The smallest absolute Gasteiger partial charge is 0.405 e. The maximum absolute atomic E-state index is 12.3. The number of likely N-dealkylation sites (tertiary alicyclic amines) is 1. The summed E-state index contributed by atoms with van der Waals surface area (Å²) in [5.41, 5.74) is -0.124. The van der Waals surface area contributed by atoms with Gasteiger partial charge in [0, 0.05) is 19.0 Å². The quantitative estimate of drug-likeness (QED) is 0.933. The lowest BCUT2D eigenvalue weighted by Gasteiger charge is -2.19. The number of hydrogen-bond acceptors (Lipinski definition) is 3. The minimum Gasteiger partial charge on any atom is -0.405 e. The molecule has 1 fully saturated rings. The van der Waals surface area contributed by atoms with Crippen LogP contribution in [0.5, 0.6) is 5.75 Å². The van der Waals surface area contributed by atoms with Crippen molar-refractivity contribution < 1.29 is 27.8 Å². The third-order valence-corrected chi connectivity index (χ3v) is 3.54. The molecule has 0 saturated carbocycles. The van der Waals surface area contributed by atoms with E-state index in [-0.39, 0.29) is 11.5 Å². The molecule has 0 spiro atoms. The van der Waals surface area contributed by atoms with E-state index >= 15 is 0 Å². The van der Waals surface area contributed by atoms with Crippen LogP contribution in [0.15, 0.2) is 24.3 Å². The van der Waals surface area contributed by atoms with Crippen LogP contribution < -0.4 is 4.74 Å². The van der Waals surface area contributed by atoms with Gasteiger partial charge in [-0.25, -0.2) is 0 Å². The van der Waals surface area contributed by atoms with E-state index in [1.54, 1.807) is 6.92 Å². The van der Waals surface area contributed by atoms with Gasteiger partial charge in [0.25, 0.3) is 5.91 Å². The van der Waals surface area contributed by atoms with E-state index in [1.165, 1.54) is 23.1 Å². The van der Waals surface area contributed by atoms with Crippen LogP contribution in [-0.2, 0) is 0 Å². The number of rotatable bonds is 3. The van der Waals surface area contributed by atoms with Gasteiger partial charge in [-0.15, -0.1) is 13.2 Å². The van der Waals surface area contributed by atoms with Crippen LogP contribution in [0.25, 0.3) is 0 Å². The molecule has 1 amide bonds. The Kier molecular flexibility index (Phi) is 4.41. The molecule has 7 heteroatoms. The lowest BCUT2D eigenvalue weighted by atomic mass is 10.0. The fourth-order valence-corrected chi connectivity index (χ4v) is 2.39. The highest BCUT2D eigenvalue weighted by atomic mass is 19.4. The molecule has 1 aromatic carbocycles. The second-order valence-corrected chi connectivity index (χ2v) is 5.08. The van der Waals surface area contributed by atoms with Crippen molar-refractivity contribution in [2.24, 2.45) is 5.92 Å². The van der Waals surface area contributed by atoms with Crippen LogP contribution in [0.2, 0.25) is 0 Å². The number of ether oxygens (including phenoxy) is 1. The van der Waals surface area contributed by atoms with E-state index in [1.807, 2.05) is 0 Å². The van der Waals surface area contributed by atoms with Crippen molar-refractivity contribution in [2.75, 3.05) is 13.1 Å². The number of benzene rings is 1. The van der Waals surface area contributed by atoms with Crippen LogP contribution in [0.1, 0.15) is 23.7 Å². The van der Waals surface area contributed by atoms with Gasteiger partial charge in [0.15, 0.2) is 0 Å². The van der Waals surface area contributed by atoms with Crippen LogP contribution in [0, 0.1) is 5.92 Å². The Bertz CT molecular complexity index is 516. The molecule has 2 atom stereocenters. The highest BCUT2D eigenvalue weighted by Crippen LogP contribution is 2.29. The maximum Gasteiger partial charge on any atom is 0.573 e. The van der Waals surface area contributed by atoms with Crippen molar-refractivity contribution in [3.05, 3.63) is 29.8 Å². The number of halogens is 3. The van der Waals surface area contributed by atoms with Gasteiger partial charge in [-0.2, -0.15) is 0 Å². The normalized spacial score (nSPS) is 20.4. The molecule has 1 aliphatic rings. The Hall–Kier alpha value is -1.76. The summed E-state index contributed by atoms with van der Waals surface area (Å²) in [7, 11) is 0. The summed E-state index contributed by atoms with van der Waals surface area (Å²) >= 11 is 0. The molecule has 0 bridgehead atoms. The van der Waals surface area contributed by atoms with Gasteiger partial charge in [-0.1, -0.05) is 12.1 Å². The predicted octanol–water partition coefficient (Wildman–Crippen LogP) is 2.43. The van der Waals surface area contributed by atoms with Crippen molar-refractivity contribution in [1.29, 1.82) is 0 Å². The van der Waals surface area contributed by atoms with Gasteiger partial charge < -0.3 is 14.7 Å². The Labute approximate surface area is 120 Å². The second kappa shape index (κ2) is 5.93. The molecule has 0 radical (unpaired) electrons. The minimum absolute atomic E-state index is 0.0513. The highest BCUT2D eigenvalue weighted by molar-refractivity contribution is 5.97. The summed E-state index contributed by atoms with van der Waals surface area (Å²) in [6.07, 6.45) is -4.76. The number of para-hydroxylation sites is 1. The molecule has 1 aliphatic heterocycles. The zero-order valence-electron chi connectivity index (χ0n) is 11.4. The van der Waals surface area contributed by atoms with E-state index in [0.717, 1.165) is 6.07 Å². The zero-order valence-corrected chi connectivity index (χ0v) is 11.4. The Morgan fingerprint density at radius 3 is 2.67 bits per heavy atom. The first-order valence-electron chi connectivity index (χ1n) is 6.60. The Balaban J connectivity index is 2.17. The lowest BCUT2D eigenvalue weighted by Crippen LogP contribution is -2.31. The molecule has 21 heavy (non-hydrogen) atoms.